The van der Waals surface area contributed by atoms with Gasteiger partial charge in [-0.25, -0.2) is 0 Å². The molecule has 1 rings (SSSR count). The second-order valence-electron chi connectivity index (χ2n) is 2.63. The molecule has 0 spiro atoms. The summed E-state index contributed by atoms with van der Waals surface area (Å²) in [5.41, 5.74) is 1.17. The van der Waals surface area contributed by atoms with Crippen LogP contribution < -0.4 is 9.46 Å². The van der Waals surface area contributed by atoms with Gasteiger partial charge in [0.1, 0.15) is 5.75 Å². The van der Waals surface area contributed by atoms with Gasteiger partial charge in [-0.15, -0.1) is 0 Å². The van der Waals surface area contributed by atoms with Crippen molar-refractivity contribution in [3.05, 3.63) is 29.8 Å². The van der Waals surface area contributed by atoms with Gasteiger partial charge in [0, 0.05) is 6.04 Å². The average molecular weight is 183 g/mol. The topological polar surface area (TPSA) is 21.3 Å². The van der Waals surface area contributed by atoms with Crippen LogP contribution in [0.4, 0.5) is 0 Å². The van der Waals surface area contributed by atoms with Crippen molar-refractivity contribution in [1.82, 2.24) is 4.72 Å². The summed E-state index contributed by atoms with van der Waals surface area (Å²) in [6, 6.07) is 8.16. The highest BCUT2D eigenvalue weighted by Gasteiger charge is 2.02. The van der Waals surface area contributed by atoms with E-state index in [1.54, 1.807) is 7.11 Å². The minimum Gasteiger partial charge on any atom is -0.497 e. The molecule has 0 aliphatic rings. The summed E-state index contributed by atoms with van der Waals surface area (Å²) in [5, 5.41) is 0. The number of methoxy groups -OCH3 is 1. The van der Waals surface area contributed by atoms with Crippen LogP contribution in [0.15, 0.2) is 24.3 Å². The van der Waals surface area contributed by atoms with Crippen molar-refractivity contribution in [2.45, 2.75) is 13.0 Å². The van der Waals surface area contributed by atoms with Crippen LogP contribution in [0.2, 0.25) is 0 Å². The van der Waals surface area contributed by atoms with Crippen molar-refractivity contribution < 1.29 is 4.74 Å². The van der Waals surface area contributed by atoms with E-state index in [-0.39, 0.29) is 6.04 Å². The number of hydrogen-bond acceptors (Lipinski definition) is 3. The van der Waals surface area contributed by atoms with Gasteiger partial charge in [-0.05, 0) is 24.6 Å². The predicted molar refractivity (Wildman–Crippen MR) is 53.5 cm³/mol. The van der Waals surface area contributed by atoms with Crippen LogP contribution in [-0.2, 0) is 0 Å². The highest BCUT2D eigenvalue weighted by molar-refractivity contribution is 7.78. The minimum absolute atomic E-state index is 0.239. The van der Waals surface area contributed by atoms with Gasteiger partial charge >= 0.3 is 0 Å². The van der Waals surface area contributed by atoms with Crippen LogP contribution in [0.1, 0.15) is 18.5 Å². The number of rotatable bonds is 3. The van der Waals surface area contributed by atoms with E-state index in [0.29, 0.717) is 0 Å². The highest BCUT2D eigenvalue weighted by atomic mass is 32.1. The van der Waals surface area contributed by atoms with Crippen LogP contribution in [-0.4, -0.2) is 7.11 Å². The van der Waals surface area contributed by atoms with Crippen LogP contribution in [0.5, 0.6) is 5.75 Å². The van der Waals surface area contributed by atoms with Gasteiger partial charge in [-0.2, -0.15) is 0 Å². The summed E-state index contributed by atoms with van der Waals surface area (Å²) in [6.45, 7) is 2.04. The van der Waals surface area contributed by atoms with Crippen LogP contribution in [0.3, 0.4) is 0 Å². The predicted octanol–water partition coefficient (Wildman–Crippen LogP) is 2.19. The fourth-order valence-electron chi connectivity index (χ4n) is 0.985. The third kappa shape index (κ3) is 2.16. The largest absolute Gasteiger partial charge is 0.497 e. The average Bonchev–Trinajstić information content (AvgIpc) is 2.17. The second-order valence-corrected chi connectivity index (χ2v) is 2.89. The molecule has 0 saturated heterocycles. The van der Waals surface area contributed by atoms with Gasteiger partial charge in [0.15, 0.2) is 0 Å². The minimum atomic E-state index is 0.239. The molecule has 0 fully saturated rings. The first-order valence-corrected chi connectivity index (χ1v) is 4.26. The Morgan fingerprint density at radius 1 is 1.50 bits per heavy atom. The molecule has 0 amide bonds. The Kier molecular flexibility index (Phi) is 3.44. The van der Waals surface area contributed by atoms with Crippen LogP contribution >= 0.6 is 12.8 Å². The molecular formula is C9H13NOS. The van der Waals surface area contributed by atoms with Crippen LogP contribution in [0, 0.1) is 0 Å². The van der Waals surface area contributed by atoms with Crippen molar-refractivity contribution in [3.8, 4) is 5.75 Å². The molecule has 0 saturated carbocycles. The summed E-state index contributed by atoms with van der Waals surface area (Å²) in [7, 11) is 1.66. The molecule has 0 radical (unpaired) electrons. The zero-order valence-electron chi connectivity index (χ0n) is 7.24. The van der Waals surface area contributed by atoms with E-state index in [2.05, 4.69) is 17.5 Å². The third-order valence-corrected chi connectivity index (χ3v) is 2.17. The van der Waals surface area contributed by atoms with E-state index < -0.39 is 0 Å². The summed E-state index contributed by atoms with van der Waals surface area (Å²) in [5.74, 6) is 0.878. The molecule has 66 valence electrons. The third-order valence-electron chi connectivity index (χ3n) is 1.79. The van der Waals surface area contributed by atoms with Crippen molar-refractivity contribution in [1.29, 1.82) is 0 Å². The van der Waals surface area contributed by atoms with Gasteiger partial charge in [0.2, 0.25) is 0 Å². The number of thiol groups is 1. The molecule has 1 aromatic rings. The number of hydrogen-bond donors (Lipinski definition) is 2. The van der Waals surface area contributed by atoms with E-state index in [9.17, 15) is 0 Å². The molecule has 0 aromatic heterocycles. The Balaban J connectivity index is 2.86. The van der Waals surface area contributed by atoms with Gasteiger partial charge in [-0.1, -0.05) is 24.9 Å². The molecule has 0 aliphatic heterocycles. The summed E-state index contributed by atoms with van der Waals surface area (Å²) < 4.78 is 7.97. The van der Waals surface area contributed by atoms with E-state index >= 15 is 0 Å². The normalized spacial score (nSPS) is 12.6. The molecule has 12 heavy (non-hydrogen) atoms. The highest BCUT2D eigenvalue weighted by Crippen LogP contribution is 2.18. The number of nitrogens with one attached hydrogen (secondary N) is 1. The second kappa shape index (κ2) is 4.38. The Labute approximate surface area is 78.5 Å². The van der Waals surface area contributed by atoms with Crippen LogP contribution in [0.25, 0.3) is 0 Å². The maximum absolute atomic E-state index is 5.10. The van der Waals surface area contributed by atoms with Crippen molar-refractivity contribution in [3.63, 3.8) is 0 Å². The van der Waals surface area contributed by atoms with Crippen molar-refractivity contribution >= 4 is 12.8 Å². The van der Waals surface area contributed by atoms with E-state index in [4.69, 9.17) is 4.74 Å². The lowest BCUT2D eigenvalue weighted by Gasteiger charge is -2.10. The van der Waals surface area contributed by atoms with Gasteiger partial charge in [-0.3, -0.25) is 4.72 Å². The van der Waals surface area contributed by atoms with E-state index in [0.717, 1.165) is 5.75 Å². The molecule has 0 heterocycles. The monoisotopic (exact) mass is 183 g/mol. The summed E-state index contributed by atoms with van der Waals surface area (Å²) in [6.07, 6.45) is 0. The lowest BCUT2D eigenvalue weighted by Crippen LogP contribution is -2.06. The Hall–Kier alpha value is -0.670. The first-order chi connectivity index (χ1) is 5.77. The molecule has 0 bridgehead atoms. The summed E-state index contributed by atoms with van der Waals surface area (Å²) in [4.78, 5) is 0. The van der Waals surface area contributed by atoms with Gasteiger partial charge < -0.3 is 4.74 Å². The lowest BCUT2D eigenvalue weighted by atomic mass is 10.1. The molecule has 0 unspecified atom stereocenters. The molecular weight excluding hydrogens is 170 g/mol. The lowest BCUT2D eigenvalue weighted by molar-refractivity contribution is 0.414. The Morgan fingerprint density at radius 2 is 2.25 bits per heavy atom. The summed E-state index contributed by atoms with van der Waals surface area (Å²) >= 11 is 4.00. The maximum atomic E-state index is 5.10. The SMILES string of the molecule is COc1cccc([C@@H](C)NS)c1. The fraction of sp³-hybridized carbons (Fsp3) is 0.333. The Morgan fingerprint density at radius 3 is 2.83 bits per heavy atom. The first-order valence-electron chi connectivity index (χ1n) is 3.81. The number of benzene rings is 1. The molecule has 1 atom stereocenters. The fourth-order valence-corrected chi connectivity index (χ4v) is 1.13. The standard InChI is InChI=1S/C9H13NOS/c1-7(10-12)8-4-3-5-9(6-8)11-2/h3-7,10,12H,1-2H3/t7-/m1/s1. The number of ether oxygens (including phenoxy) is 1. The van der Waals surface area contributed by atoms with Crippen molar-refractivity contribution in [2.75, 3.05) is 7.11 Å². The Bertz CT molecular complexity index is 252. The van der Waals surface area contributed by atoms with Crippen molar-refractivity contribution in [2.24, 2.45) is 0 Å². The quantitative estimate of drug-likeness (QED) is 0.701. The van der Waals surface area contributed by atoms with E-state index in [1.165, 1.54) is 5.56 Å². The molecule has 3 heteroatoms. The smallest absolute Gasteiger partial charge is 0.119 e. The zero-order chi connectivity index (χ0) is 8.97. The van der Waals surface area contributed by atoms with Gasteiger partial charge in [0.25, 0.3) is 0 Å². The van der Waals surface area contributed by atoms with E-state index in [1.807, 2.05) is 31.2 Å². The van der Waals surface area contributed by atoms with Gasteiger partial charge in [0.05, 0.1) is 7.11 Å². The first kappa shape index (κ1) is 9.42. The molecule has 2 nitrogen and oxygen atoms in total. The molecule has 0 aliphatic carbocycles. The maximum Gasteiger partial charge on any atom is 0.119 e. The zero-order valence-corrected chi connectivity index (χ0v) is 8.14. The molecule has 1 N–H and O–H groups in total. The molecule has 1 aromatic carbocycles.